The summed E-state index contributed by atoms with van der Waals surface area (Å²) in [5.74, 6) is -1.14. The standard InChI is InChI=1S/C15H15FN2O3S/c1-2-22(20,21)18-12-7-5-6-11(10-12)15(19)17-14-9-4-3-8-13(14)16/h3-10,18H,2H2,1H3,(H,17,19). The SMILES string of the molecule is CCS(=O)(=O)Nc1cccc(C(=O)Nc2ccccc2F)c1. The van der Waals surface area contributed by atoms with Crippen LogP contribution in [0, 0.1) is 5.82 Å². The van der Waals surface area contributed by atoms with Crippen LogP contribution in [-0.4, -0.2) is 20.1 Å². The van der Waals surface area contributed by atoms with Crippen molar-refractivity contribution in [2.45, 2.75) is 6.92 Å². The molecule has 0 unspecified atom stereocenters. The number of hydrogen-bond donors (Lipinski definition) is 2. The van der Waals surface area contributed by atoms with Crippen LogP contribution in [0.2, 0.25) is 0 Å². The van der Waals surface area contributed by atoms with E-state index in [2.05, 4.69) is 10.0 Å². The van der Waals surface area contributed by atoms with Gasteiger partial charge < -0.3 is 5.32 Å². The highest BCUT2D eigenvalue weighted by Gasteiger charge is 2.11. The number of anilines is 2. The summed E-state index contributed by atoms with van der Waals surface area (Å²) in [6.07, 6.45) is 0. The average molecular weight is 322 g/mol. The first-order chi connectivity index (χ1) is 10.4. The van der Waals surface area contributed by atoms with E-state index in [0.717, 1.165) is 0 Å². The summed E-state index contributed by atoms with van der Waals surface area (Å²) in [5, 5.41) is 2.44. The highest BCUT2D eigenvalue weighted by Crippen LogP contribution is 2.16. The number of para-hydroxylation sites is 1. The smallest absolute Gasteiger partial charge is 0.255 e. The summed E-state index contributed by atoms with van der Waals surface area (Å²) in [7, 11) is -3.42. The van der Waals surface area contributed by atoms with Crippen LogP contribution in [0.1, 0.15) is 17.3 Å². The summed E-state index contributed by atoms with van der Waals surface area (Å²) < 4.78 is 38.9. The highest BCUT2D eigenvalue weighted by molar-refractivity contribution is 7.92. The van der Waals surface area contributed by atoms with Gasteiger partial charge in [-0.25, -0.2) is 12.8 Å². The van der Waals surface area contributed by atoms with E-state index in [0.29, 0.717) is 0 Å². The van der Waals surface area contributed by atoms with Crippen molar-refractivity contribution in [1.29, 1.82) is 0 Å². The number of carbonyl (C=O) groups is 1. The number of rotatable bonds is 5. The molecule has 5 nitrogen and oxygen atoms in total. The number of carbonyl (C=O) groups excluding carboxylic acids is 1. The molecule has 0 atom stereocenters. The molecule has 0 aliphatic rings. The summed E-state index contributed by atoms with van der Waals surface area (Å²) in [5.41, 5.74) is 0.564. The zero-order valence-corrected chi connectivity index (χ0v) is 12.7. The predicted octanol–water partition coefficient (Wildman–Crippen LogP) is 2.84. The second kappa shape index (κ2) is 6.57. The summed E-state index contributed by atoms with van der Waals surface area (Å²) in [6.45, 7) is 1.51. The molecule has 0 aliphatic carbocycles. The molecule has 0 saturated heterocycles. The molecule has 0 bridgehead atoms. The maximum Gasteiger partial charge on any atom is 0.255 e. The van der Waals surface area contributed by atoms with Crippen molar-refractivity contribution in [3.05, 3.63) is 59.9 Å². The molecule has 116 valence electrons. The van der Waals surface area contributed by atoms with Gasteiger partial charge in [0.25, 0.3) is 5.91 Å². The number of hydrogen-bond acceptors (Lipinski definition) is 3. The van der Waals surface area contributed by atoms with Crippen molar-refractivity contribution in [2.24, 2.45) is 0 Å². The molecule has 0 saturated carbocycles. The molecule has 2 aromatic rings. The van der Waals surface area contributed by atoms with Gasteiger partial charge in [0.1, 0.15) is 5.82 Å². The number of halogens is 1. The van der Waals surface area contributed by atoms with E-state index in [4.69, 9.17) is 0 Å². The van der Waals surface area contributed by atoms with Gasteiger partial charge in [-0.05, 0) is 37.3 Å². The average Bonchev–Trinajstić information content (AvgIpc) is 2.49. The first-order valence-electron chi connectivity index (χ1n) is 6.58. The molecule has 0 fully saturated rings. The topological polar surface area (TPSA) is 75.3 Å². The second-order valence-electron chi connectivity index (χ2n) is 4.52. The van der Waals surface area contributed by atoms with Crippen LogP contribution in [0.25, 0.3) is 0 Å². The molecule has 0 aromatic heterocycles. The zero-order valence-electron chi connectivity index (χ0n) is 11.8. The third-order valence-electron chi connectivity index (χ3n) is 2.90. The molecule has 0 aliphatic heterocycles. The molecule has 22 heavy (non-hydrogen) atoms. The Balaban J connectivity index is 2.19. The number of sulfonamides is 1. The van der Waals surface area contributed by atoms with Gasteiger partial charge in [0.15, 0.2) is 0 Å². The van der Waals surface area contributed by atoms with Crippen molar-refractivity contribution in [3.63, 3.8) is 0 Å². The van der Waals surface area contributed by atoms with Crippen LogP contribution in [0.3, 0.4) is 0 Å². The van der Waals surface area contributed by atoms with Crippen LogP contribution in [-0.2, 0) is 10.0 Å². The van der Waals surface area contributed by atoms with Crippen molar-refractivity contribution < 1.29 is 17.6 Å². The Bertz CT molecular complexity index is 791. The van der Waals surface area contributed by atoms with Gasteiger partial charge in [-0.3, -0.25) is 9.52 Å². The van der Waals surface area contributed by atoms with Crippen LogP contribution in [0.4, 0.5) is 15.8 Å². The van der Waals surface area contributed by atoms with Gasteiger partial charge in [-0.15, -0.1) is 0 Å². The molecule has 0 spiro atoms. The monoisotopic (exact) mass is 322 g/mol. The molecule has 2 rings (SSSR count). The van der Waals surface area contributed by atoms with Crippen molar-refractivity contribution in [1.82, 2.24) is 0 Å². The minimum Gasteiger partial charge on any atom is -0.319 e. The number of nitrogens with one attached hydrogen (secondary N) is 2. The highest BCUT2D eigenvalue weighted by atomic mass is 32.2. The molecule has 0 radical (unpaired) electrons. The molecule has 2 aromatic carbocycles. The van der Waals surface area contributed by atoms with Gasteiger partial charge >= 0.3 is 0 Å². The third-order valence-corrected chi connectivity index (χ3v) is 4.21. The summed E-state index contributed by atoms with van der Waals surface area (Å²) in [6, 6.07) is 11.8. The zero-order chi connectivity index (χ0) is 16.2. The fourth-order valence-electron chi connectivity index (χ4n) is 1.73. The fourth-order valence-corrected chi connectivity index (χ4v) is 2.36. The van der Waals surface area contributed by atoms with Gasteiger partial charge in [0, 0.05) is 11.3 Å². The summed E-state index contributed by atoms with van der Waals surface area (Å²) >= 11 is 0. The predicted molar refractivity (Wildman–Crippen MR) is 83.9 cm³/mol. The Labute approximate surface area is 128 Å². The van der Waals surface area contributed by atoms with Crippen molar-refractivity contribution in [3.8, 4) is 0 Å². The quantitative estimate of drug-likeness (QED) is 0.889. The van der Waals surface area contributed by atoms with E-state index in [9.17, 15) is 17.6 Å². The number of amides is 1. The minimum atomic E-state index is -3.42. The second-order valence-corrected chi connectivity index (χ2v) is 6.53. The van der Waals surface area contributed by atoms with Crippen molar-refractivity contribution in [2.75, 3.05) is 15.8 Å². The Morgan fingerprint density at radius 1 is 1.14 bits per heavy atom. The van der Waals surface area contributed by atoms with E-state index < -0.39 is 21.7 Å². The van der Waals surface area contributed by atoms with Crippen LogP contribution in [0.15, 0.2) is 48.5 Å². The molecular weight excluding hydrogens is 307 g/mol. The largest absolute Gasteiger partial charge is 0.319 e. The summed E-state index contributed by atoms with van der Waals surface area (Å²) in [4.78, 5) is 12.1. The van der Waals surface area contributed by atoms with Gasteiger partial charge in [-0.1, -0.05) is 18.2 Å². The van der Waals surface area contributed by atoms with Gasteiger partial charge in [0.05, 0.1) is 11.4 Å². The van der Waals surface area contributed by atoms with E-state index in [1.54, 1.807) is 12.1 Å². The first kappa shape index (κ1) is 16.0. The first-order valence-corrected chi connectivity index (χ1v) is 8.23. The molecule has 2 N–H and O–H groups in total. The van der Waals surface area contributed by atoms with E-state index in [1.165, 1.54) is 43.3 Å². The lowest BCUT2D eigenvalue weighted by Crippen LogP contribution is -2.16. The van der Waals surface area contributed by atoms with Crippen molar-refractivity contribution >= 4 is 27.3 Å². The number of benzene rings is 2. The van der Waals surface area contributed by atoms with E-state index in [-0.39, 0.29) is 22.7 Å². The normalized spacial score (nSPS) is 11.0. The van der Waals surface area contributed by atoms with Crippen LogP contribution in [0.5, 0.6) is 0 Å². The molecule has 1 amide bonds. The Morgan fingerprint density at radius 2 is 1.86 bits per heavy atom. The van der Waals surface area contributed by atoms with E-state index >= 15 is 0 Å². The maximum atomic E-state index is 13.5. The van der Waals surface area contributed by atoms with Crippen LogP contribution >= 0.6 is 0 Å². The lowest BCUT2D eigenvalue weighted by molar-refractivity contribution is 0.102. The molecule has 0 heterocycles. The Kier molecular flexibility index (Phi) is 4.77. The van der Waals surface area contributed by atoms with E-state index in [1.807, 2.05) is 0 Å². The third kappa shape index (κ3) is 4.05. The molecular formula is C15H15FN2O3S. The fraction of sp³-hybridized carbons (Fsp3) is 0.133. The van der Waals surface area contributed by atoms with Gasteiger partial charge in [-0.2, -0.15) is 0 Å². The minimum absolute atomic E-state index is 0.0621. The lowest BCUT2D eigenvalue weighted by Gasteiger charge is -2.09. The van der Waals surface area contributed by atoms with Crippen LogP contribution < -0.4 is 10.0 Å². The maximum absolute atomic E-state index is 13.5. The molecule has 7 heteroatoms. The Morgan fingerprint density at radius 3 is 2.55 bits per heavy atom. The lowest BCUT2D eigenvalue weighted by atomic mass is 10.2. The van der Waals surface area contributed by atoms with Gasteiger partial charge in [0.2, 0.25) is 10.0 Å². The Hall–Kier alpha value is -2.41.